The maximum atomic E-state index is 13.6. The van der Waals surface area contributed by atoms with E-state index in [9.17, 15) is 18.4 Å². The summed E-state index contributed by atoms with van der Waals surface area (Å²) in [4.78, 5) is 27.9. The van der Waals surface area contributed by atoms with Gasteiger partial charge in [-0.1, -0.05) is 11.6 Å². The molecule has 9 heteroatoms. The average Bonchev–Trinajstić information content (AvgIpc) is 3.13. The number of hydrogen-bond acceptors (Lipinski definition) is 5. The summed E-state index contributed by atoms with van der Waals surface area (Å²) in [7, 11) is 0. The van der Waals surface area contributed by atoms with Gasteiger partial charge < -0.3 is 10.1 Å². The maximum Gasteiger partial charge on any atom is 0.358 e. The van der Waals surface area contributed by atoms with Crippen molar-refractivity contribution in [1.82, 2.24) is 4.98 Å². The molecular weight excluding hydrogens is 398 g/mol. The third-order valence-corrected chi connectivity index (χ3v) is 4.47. The summed E-state index contributed by atoms with van der Waals surface area (Å²) in [5, 5.41) is 4.49. The Morgan fingerprint density at radius 2 is 1.89 bits per heavy atom. The summed E-state index contributed by atoms with van der Waals surface area (Å²) >= 11 is 6.92. The molecule has 1 aromatic heterocycles. The Hall–Kier alpha value is -2.84. The third-order valence-electron chi connectivity index (χ3n) is 3.34. The Morgan fingerprint density at radius 1 is 1.15 bits per heavy atom. The van der Waals surface area contributed by atoms with Gasteiger partial charge in [-0.05, 0) is 42.5 Å². The van der Waals surface area contributed by atoms with Crippen LogP contribution in [-0.4, -0.2) is 23.5 Å². The zero-order chi connectivity index (χ0) is 19.4. The number of aromatic nitrogens is 1. The second-order valence-corrected chi connectivity index (χ2v) is 6.59. The lowest BCUT2D eigenvalue weighted by Crippen LogP contribution is -2.21. The van der Waals surface area contributed by atoms with Gasteiger partial charge in [0, 0.05) is 16.0 Å². The highest BCUT2D eigenvalue weighted by atomic mass is 35.5. The lowest BCUT2D eigenvalue weighted by molar-refractivity contribution is -0.119. The molecule has 0 aliphatic rings. The molecular formula is C18H11ClF2N2O3S. The molecule has 1 amide bonds. The Balaban J connectivity index is 1.58. The Morgan fingerprint density at radius 3 is 2.63 bits per heavy atom. The average molecular weight is 409 g/mol. The van der Waals surface area contributed by atoms with Gasteiger partial charge in [0.15, 0.2) is 12.3 Å². The molecule has 0 aliphatic carbocycles. The predicted molar refractivity (Wildman–Crippen MR) is 97.8 cm³/mol. The largest absolute Gasteiger partial charge is 0.451 e. The molecule has 27 heavy (non-hydrogen) atoms. The number of nitrogens with one attached hydrogen (secondary N) is 1. The molecule has 2 aromatic carbocycles. The number of nitrogens with zero attached hydrogens (tertiary/aromatic N) is 1. The van der Waals surface area contributed by atoms with Gasteiger partial charge in [0.25, 0.3) is 5.91 Å². The van der Waals surface area contributed by atoms with Crippen molar-refractivity contribution in [3.05, 3.63) is 70.2 Å². The molecule has 0 aliphatic heterocycles. The van der Waals surface area contributed by atoms with Gasteiger partial charge >= 0.3 is 5.97 Å². The first-order valence-electron chi connectivity index (χ1n) is 7.56. The van der Waals surface area contributed by atoms with Gasteiger partial charge in [0.05, 0.1) is 5.69 Å². The summed E-state index contributed by atoms with van der Waals surface area (Å²) in [6.07, 6.45) is 0. The van der Waals surface area contributed by atoms with Gasteiger partial charge in [-0.25, -0.2) is 18.6 Å². The minimum atomic E-state index is -0.804. The van der Waals surface area contributed by atoms with E-state index >= 15 is 0 Å². The second-order valence-electron chi connectivity index (χ2n) is 5.29. The van der Waals surface area contributed by atoms with Gasteiger partial charge in [-0.2, -0.15) is 0 Å². The van der Waals surface area contributed by atoms with Crippen molar-refractivity contribution in [2.75, 3.05) is 11.9 Å². The maximum absolute atomic E-state index is 13.6. The van der Waals surface area contributed by atoms with Crippen LogP contribution in [0.3, 0.4) is 0 Å². The zero-order valence-electron chi connectivity index (χ0n) is 13.5. The van der Waals surface area contributed by atoms with Crippen LogP contribution < -0.4 is 5.32 Å². The molecule has 0 radical (unpaired) electrons. The van der Waals surface area contributed by atoms with Crippen molar-refractivity contribution in [3.8, 4) is 10.6 Å². The molecule has 0 spiro atoms. The molecule has 3 aromatic rings. The molecule has 0 fully saturated rings. The highest BCUT2D eigenvalue weighted by Crippen LogP contribution is 2.24. The van der Waals surface area contributed by atoms with Crippen LogP contribution in [0.15, 0.2) is 47.8 Å². The summed E-state index contributed by atoms with van der Waals surface area (Å²) in [6.45, 7) is -0.617. The van der Waals surface area contributed by atoms with Crippen molar-refractivity contribution in [2.45, 2.75) is 0 Å². The van der Waals surface area contributed by atoms with Gasteiger partial charge in [-0.15, -0.1) is 11.3 Å². The van der Waals surface area contributed by atoms with Crippen LogP contribution in [0.2, 0.25) is 5.02 Å². The standard InChI is InChI=1S/C18H11ClF2N2O3S/c19-11-3-6-13(21)14(7-11)22-16(24)8-26-18(25)15-9-27-17(23-15)10-1-4-12(20)5-2-10/h1-7,9H,8H2,(H,22,24). The van der Waals surface area contributed by atoms with Crippen LogP contribution in [0.25, 0.3) is 10.6 Å². The van der Waals surface area contributed by atoms with Crippen LogP contribution in [0.5, 0.6) is 0 Å². The predicted octanol–water partition coefficient (Wildman–Crippen LogP) is 4.54. The molecule has 1 N–H and O–H groups in total. The molecule has 3 rings (SSSR count). The number of carbonyl (C=O) groups is 2. The molecule has 0 unspecified atom stereocenters. The minimum Gasteiger partial charge on any atom is -0.451 e. The van der Waals surface area contributed by atoms with E-state index in [1.807, 2.05) is 0 Å². The number of rotatable bonds is 5. The van der Waals surface area contributed by atoms with Crippen molar-refractivity contribution in [1.29, 1.82) is 0 Å². The van der Waals surface area contributed by atoms with Gasteiger partial charge in [0.2, 0.25) is 0 Å². The summed E-state index contributed by atoms with van der Waals surface area (Å²) in [6, 6.07) is 9.34. The number of amides is 1. The van der Waals surface area contributed by atoms with E-state index in [0.717, 1.165) is 6.07 Å². The van der Waals surface area contributed by atoms with Crippen LogP contribution in [0, 0.1) is 11.6 Å². The lowest BCUT2D eigenvalue weighted by Gasteiger charge is -2.07. The first-order chi connectivity index (χ1) is 12.9. The quantitative estimate of drug-likeness (QED) is 0.629. The van der Waals surface area contributed by atoms with Gasteiger partial charge in [0.1, 0.15) is 16.6 Å². The van der Waals surface area contributed by atoms with E-state index in [1.165, 1.54) is 53.1 Å². The van der Waals surface area contributed by atoms with Crippen LogP contribution in [0.1, 0.15) is 10.5 Å². The molecule has 138 valence electrons. The Kier molecular flexibility index (Phi) is 5.78. The fourth-order valence-corrected chi connectivity index (χ4v) is 3.04. The van der Waals surface area contributed by atoms with E-state index in [0.29, 0.717) is 10.6 Å². The monoisotopic (exact) mass is 408 g/mol. The number of hydrogen-bond donors (Lipinski definition) is 1. The molecule has 0 saturated heterocycles. The highest BCUT2D eigenvalue weighted by Gasteiger charge is 2.16. The summed E-state index contributed by atoms with van der Waals surface area (Å²) < 4.78 is 31.4. The molecule has 0 atom stereocenters. The fourth-order valence-electron chi connectivity index (χ4n) is 2.08. The highest BCUT2D eigenvalue weighted by molar-refractivity contribution is 7.13. The SMILES string of the molecule is O=C(COC(=O)c1csc(-c2ccc(F)cc2)n1)Nc1cc(Cl)ccc1F. The first kappa shape index (κ1) is 18.9. The summed E-state index contributed by atoms with van der Waals surface area (Å²) in [5.74, 6) is -2.57. The van der Waals surface area contributed by atoms with E-state index in [4.69, 9.17) is 16.3 Å². The number of esters is 1. The van der Waals surface area contributed by atoms with Crippen LogP contribution >= 0.6 is 22.9 Å². The smallest absolute Gasteiger partial charge is 0.358 e. The Labute approximate surface area is 161 Å². The van der Waals surface area contributed by atoms with Crippen molar-refractivity contribution in [3.63, 3.8) is 0 Å². The molecule has 0 bridgehead atoms. The Bertz CT molecular complexity index is 993. The fraction of sp³-hybridized carbons (Fsp3) is 0.0556. The van der Waals surface area contributed by atoms with Crippen LogP contribution in [-0.2, 0) is 9.53 Å². The number of anilines is 1. The number of ether oxygens (including phenoxy) is 1. The van der Waals surface area contributed by atoms with Crippen molar-refractivity contribution in [2.24, 2.45) is 0 Å². The zero-order valence-corrected chi connectivity index (χ0v) is 15.1. The third kappa shape index (κ3) is 4.87. The number of benzene rings is 2. The molecule has 0 saturated carbocycles. The van der Waals surface area contributed by atoms with E-state index < -0.39 is 24.3 Å². The lowest BCUT2D eigenvalue weighted by atomic mass is 10.2. The summed E-state index contributed by atoms with van der Waals surface area (Å²) in [5.41, 5.74) is 0.548. The first-order valence-corrected chi connectivity index (χ1v) is 8.81. The topological polar surface area (TPSA) is 68.3 Å². The van der Waals surface area contributed by atoms with E-state index in [2.05, 4.69) is 10.3 Å². The van der Waals surface area contributed by atoms with E-state index in [-0.39, 0.29) is 22.2 Å². The van der Waals surface area contributed by atoms with Crippen molar-refractivity contribution < 1.29 is 23.1 Å². The number of halogens is 3. The normalized spacial score (nSPS) is 10.5. The molecule has 1 heterocycles. The van der Waals surface area contributed by atoms with E-state index in [1.54, 1.807) is 0 Å². The molecule has 5 nitrogen and oxygen atoms in total. The van der Waals surface area contributed by atoms with Crippen LogP contribution in [0.4, 0.5) is 14.5 Å². The number of thiazole rings is 1. The second kappa shape index (κ2) is 8.24. The number of carbonyl (C=O) groups excluding carboxylic acids is 2. The van der Waals surface area contributed by atoms with Gasteiger partial charge in [-0.3, -0.25) is 4.79 Å². The van der Waals surface area contributed by atoms with Crippen molar-refractivity contribution >= 4 is 40.5 Å². The minimum absolute atomic E-state index is 0.0149.